The molecule has 0 spiro atoms. The van der Waals surface area contributed by atoms with Gasteiger partial charge in [0.05, 0.1) is 6.04 Å². The van der Waals surface area contributed by atoms with Gasteiger partial charge in [0.15, 0.2) is 5.78 Å². The predicted octanol–water partition coefficient (Wildman–Crippen LogP) is 3.57. The third-order valence-electron chi connectivity index (χ3n) is 3.77. The molecule has 0 aliphatic carbocycles. The number of hydrogen-bond donors (Lipinski definition) is 0. The number of benzene rings is 2. The fraction of sp³-hybridized carbons (Fsp3) is 0.278. The molecule has 0 aliphatic heterocycles. The molecule has 0 heterocycles. The summed E-state index contributed by atoms with van der Waals surface area (Å²) in [5, 5.41) is 0. The molecule has 0 aliphatic rings. The van der Waals surface area contributed by atoms with Crippen LogP contribution in [0.3, 0.4) is 0 Å². The first kappa shape index (κ1) is 15.4. The molecule has 0 radical (unpaired) electrons. The molecule has 110 valence electrons. The molecule has 0 N–H and O–H groups in total. The average molecular weight is 285 g/mol. The second kappa shape index (κ2) is 7.14. The van der Waals surface area contributed by atoms with Gasteiger partial charge in [-0.25, -0.2) is 4.39 Å². The zero-order valence-corrected chi connectivity index (χ0v) is 12.4. The van der Waals surface area contributed by atoms with Crippen molar-refractivity contribution < 1.29 is 9.18 Å². The standard InChI is InChI=1S/C18H20FNO/c1-14(18(21)16-8-10-17(19)11-9-16)20(2)13-12-15-6-4-3-5-7-15/h3-11,14H,12-13H2,1-2H3. The Balaban J connectivity index is 1.93. The van der Waals surface area contributed by atoms with Gasteiger partial charge in [-0.2, -0.15) is 0 Å². The predicted molar refractivity (Wildman–Crippen MR) is 83.0 cm³/mol. The number of Topliss-reactive ketones (excluding diaryl/α,β-unsaturated/α-hetero) is 1. The largest absolute Gasteiger partial charge is 0.296 e. The van der Waals surface area contributed by atoms with E-state index in [0.29, 0.717) is 5.56 Å². The maximum atomic E-state index is 12.9. The third kappa shape index (κ3) is 4.23. The number of hydrogen-bond acceptors (Lipinski definition) is 2. The van der Waals surface area contributed by atoms with E-state index in [4.69, 9.17) is 0 Å². The van der Waals surface area contributed by atoms with Crippen LogP contribution in [0, 0.1) is 5.82 Å². The van der Waals surface area contributed by atoms with Gasteiger partial charge in [0.25, 0.3) is 0 Å². The van der Waals surface area contributed by atoms with Crippen LogP contribution in [0.15, 0.2) is 54.6 Å². The Hall–Kier alpha value is -2.00. The minimum Gasteiger partial charge on any atom is -0.296 e. The van der Waals surface area contributed by atoms with Gasteiger partial charge in [0.1, 0.15) is 5.82 Å². The summed E-state index contributed by atoms with van der Waals surface area (Å²) in [6.45, 7) is 2.69. The summed E-state index contributed by atoms with van der Waals surface area (Å²) >= 11 is 0. The van der Waals surface area contributed by atoms with Crippen molar-refractivity contribution in [3.05, 3.63) is 71.5 Å². The molecule has 0 amide bonds. The molecular formula is C18H20FNO. The average Bonchev–Trinajstić information content (AvgIpc) is 2.53. The first-order chi connectivity index (χ1) is 10.1. The molecular weight excluding hydrogens is 265 g/mol. The molecule has 1 atom stereocenters. The molecule has 0 saturated carbocycles. The van der Waals surface area contributed by atoms with Gasteiger partial charge in [0, 0.05) is 12.1 Å². The fourth-order valence-corrected chi connectivity index (χ4v) is 2.20. The second-order valence-corrected chi connectivity index (χ2v) is 5.26. The molecule has 2 aromatic carbocycles. The molecule has 3 heteroatoms. The maximum absolute atomic E-state index is 12.9. The van der Waals surface area contributed by atoms with Gasteiger partial charge >= 0.3 is 0 Å². The van der Waals surface area contributed by atoms with Crippen molar-refractivity contribution in [1.82, 2.24) is 4.90 Å². The van der Waals surface area contributed by atoms with Gasteiger partial charge < -0.3 is 0 Å². The highest BCUT2D eigenvalue weighted by molar-refractivity contribution is 5.99. The van der Waals surface area contributed by atoms with E-state index in [0.717, 1.165) is 13.0 Å². The van der Waals surface area contributed by atoms with Crippen LogP contribution < -0.4 is 0 Å². The van der Waals surface area contributed by atoms with Crippen molar-refractivity contribution in [2.45, 2.75) is 19.4 Å². The van der Waals surface area contributed by atoms with E-state index in [-0.39, 0.29) is 17.6 Å². The van der Waals surface area contributed by atoms with E-state index >= 15 is 0 Å². The van der Waals surface area contributed by atoms with E-state index in [1.165, 1.54) is 17.7 Å². The van der Waals surface area contributed by atoms with Crippen LogP contribution in [-0.2, 0) is 6.42 Å². The Labute approximate surface area is 125 Å². The quantitative estimate of drug-likeness (QED) is 0.756. The Morgan fingerprint density at radius 2 is 1.71 bits per heavy atom. The lowest BCUT2D eigenvalue weighted by Gasteiger charge is -2.23. The summed E-state index contributed by atoms with van der Waals surface area (Å²) in [5.74, 6) is -0.304. The van der Waals surface area contributed by atoms with Crippen molar-refractivity contribution >= 4 is 5.78 Å². The number of rotatable bonds is 6. The number of carbonyl (C=O) groups is 1. The fourth-order valence-electron chi connectivity index (χ4n) is 2.20. The number of carbonyl (C=O) groups excluding carboxylic acids is 1. The Morgan fingerprint density at radius 3 is 2.33 bits per heavy atom. The Bertz CT molecular complexity index is 580. The monoisotopic (exact) mass is 285 g/mol. The Kier molecular flexibility index (Phi) is 5.23. The van der Waals surface area contributed by atoms with Gasteiger partial charge in [-0.15, -0.1) is 0 Å². The lowest BCUT2D eigenvalue weighted by atomic mass is 10.0. The van der Waals surface area contributed by atoms with Gasteiger partial charge in [-0.05, 0) is 50.2 Å². The molecule has 2 aromatic rings. The third-order valence-corrected chi connectivity index (χ3v) is 3.77. The van der Waals surface area contributed by atoms with Gasteiger partial charge in [-0.3, -0.25) is 9.69 Å². The van der Waals surface area contributed by atoms with Crippen LogP contribution in [0.25, 0.3) is 0 Å². The molecule has 2 nitrogen and oxygen atoms in total. The highest BCUT2D eigenvalue weighted by Crippen LogP contribution is 2.10. The lowest BCUT2D eigenvalue weighted by molar-refractivity contribution is 0.0870. The van der Waals surface area contributed by atoms with Crippen LogP contribution in [0.5, 0.6) is 0 Å². The summed E-state index contributed by atoms with van der Waals surface area (Å²) in [5.41, 5.74) is 1.81. The van der Waals surface area contributed by atoms with Crippen molar-refractivity contribution in [1.29, 1.82) is 0 Å². The zero-order valence-electron chi connectivity index (χ0n) is 12.4. The normalized spacial score (nSPS) is 12.4. The molecule has 2 rings (SSSR count). The Morgan fingerprint density at radius 1 is 1.10 bits per heavy atom. The number of halogens is 1. The lowest BCUT2D eigenvalue weighted by Crippen LogP contribution is -2.37. The van der Waals surface area contributed by atoms with E-state index in [9.17, 15) is 9.18 Å². The van der Waals surface area contributed by atoms with E-state index in [1.54, 1.807) is 12.1 Å². The van der Waals surface area contributed by atoms with Gasteiger partial charge in [-0.1, -0.05) is 30.3 Å². The molecule has 21 heavy (non-hydrogen) atoms. The highest BCUT2D eigenvalue weighted by atomic mass is 19.1. The summed E-state index contributed by atoms with van der Waals surface area (Å²) in [6, 6.07) is 15.7. The summed E-state index contributed by atoms with van der Waals surface area (Å²) in [4.78, 5) is 14.4. The van der Waals surface area contributed by atoms with E-state index in [1.807, 2.05) is 37.1 Å². The van der Waals surface area contributed by atoms with Crippen molar-refractivity contribution in [2.24, 2.45) is 0 Å². The van der Waals surface area contributed by atoms with Crippen molar-refractivity contribution in [2.75, 3.05) is 13.6 Å². The topological polar surface area (TPSA) is 20.3 Å². The smallest absolute Gasteiger partial charge is 0.179 e. The maximum Gasteiger partial charge on any atom is 0.179 e. The minimum atomic E-state index is -0.323. The summed E-state index contributed by atoms with van der Waals surface area (Å²) < 4.78 is 12.9. The van der Waals surface area contributed by atoms with E-state index < -0.39 is 0 Å². The second-order valence-electron chi connectivity index (χ2n) is 5.26. The summed E-state index contributed by atoms with van der Waals surface area (Å²) in [7, 11) is 1.94. The molecule has 0 aromatic heterocycles. The molecule has 0 bridgehead atoms. The first-order valence-electron chi connectivity index (χ1n) is 7.12. The number of nitrogens with zero attached hydrogens (tertiary/aromatic N) is 1. The van der Waals surface area contributed by atoms with Crippen LogP contribution in [0.1, 0.15) is 22.8 Å². The molecule has 0 fully saturated rings. The summed E-state index contributed by atoms with van der Waals surface area (Å²) in [6.07, 6.45) is 0.901. The zero-order chi connectivity index (χ0) is 15.2. The van der Waals surface area contributed by atoms with Crippen LogP contribution in [0.2, 0.25) is 0 Å². The van der Waals surface area contributed by atoms with Gasteiger partial charge in [0.2, 0.25) is 0 Å². The van der Waals surface area contributed by atoms with Crippen molar-refractivity contribution in [3.63, 3.8) is 0 Å². The van der Waals surface area contributed by atoms with Crippen molar-refractivity contribution in [3.8, 4) is 0 Å². The molecule has 1 unspecified atom stereocenters. The first-order valence-corrected chi connectivity index (χ1v) is 7.12. The van der Waals surface area contributed by atoms with E-state index in [2.05, 4.69) is 12.1 Å². The molecule has 0 saturated heterocycles. The van der Waals surface area contributed by atoms with Crippen LogP contribution in [-0.4, -0.2) is 30.3 Å². The SMILES string of the molecule is CC(C(=O)c1ccc(F)cc1)N(C)CCc1ccccc1. The van der Waals surface area contributed by atoms with Crippen LogP contribution in [0.4, 0.5) is 4.39 Å². The number of ketones is 1. The minimum absolute atomic E-state index is 0.0190. The number of likely N-dealkylation sites (N-methyl/N-ethyl adjacent to an activating group) is 1. The van der Waals surface area contributed by atoms with Crippen LogP contribution >= 0.6 is 0 Å². The highest BCUT2D eigenvalue weighted by Gasteiger charge is 2.19.